The van der Waals surface area contributed by atoms with Gasteiger partial charge < -0.3 is 9.67 Å². The van der Waals surface area contributed by atoms with E-state index >= 15 is 0 Å². The van der Waals surface area contributed by atoms with Gasteiger partial charge in [-0.05, 0) is 55.0 Å². The number of hydrogen-bond donors (Lipinski definition) is 2. The zero-order valence-corrected chi connectivity index (χ0v) is 21.2. The molecule has 0 saturated heterocycles. The molecule has 0 atom stereocenters. The van der Waals surface area contributed by atoms with E-state index in [1.54, 1.807) is 41.0 Å². The normalized spacial score (nSPS) is 15.0. The van der Waals surface area contributed by atoms with Gasteiger partial charge in [0.2, 0.25) is 0 Å². The van der Waals surface area contributed by atoms with Crippen LogP contribution in [0.2, 0.25) is 0 Å². The Bertz CT molecular complexity index is 1420. The molecule has 0 aliphatic heterocycles. The van der Waals surface area contributed by atoms with Crippen LogP contribution in [-0.4, -0.2) is 29.8 Å². The molecule has 0 spiro atoms. The molecule has 2 N–H and O–H groups in total. The second-order valence-corrected chi connectivity index (χ2v) is 11.7. The van der Waals surface area contributed by atoms with Crippen LogP contribution in [0.3, 0.4) is 0 Å². The molecule has 1 aliphatic rings. The minimum Gasteiger partial charge on any atom is -0.480 e. The molecular formula is C27H30N2O5S. The lowest BCUT2D eigenvalue weighted by molar-refractivity contribution is -0.137. The molecule has 0 saturated carbocycles. The standard InChI is InChI=1S/C27H30N2O5S/c1-17-9-11-20(12-10-17)35(33,34)28-22-8-6-5-7-19(22)13-21-18(2)29(16-25(31)32)23-14-27(3,4)15-24(30)26(21)23/h5-12,28H,13-16H2,1-4H3,(H,31,32). The first kappa shape index (κ1) is 24.7. The number of rotatable bonds is 7. The molecule has 35 heavy (non-hydrogen) atoms. The fourth-order valence-corrected chi connectivity index (χ4v) is 5.96. The highest BCUT2D eigenvalue weighted by Crippen LogP contribution is 2.40. The van der Waals surface area contributed by atoms with Crippen LogP contribution in [0, 0.1) is 19.3 Å². The molecule has 0 bridgehead atoms. The van der Waals surface area contributed by atoms with Crippen LogP contribution >= 0.6 is 0 Å². The fourth-order valence-electron chi connectivity index (χ4n) is 4.86. The van der Waals surface area contributed by atoms with Crippen LogP contribution in [0.1, 0.15) is 58.7 Å². The number of anilines is 1. The number of carboxylic acids is 1. The lowest BCUT2D eigenvalue weighted by Gasteiger charge is -2.30. The maximum atomic E-state index is 13.2. The van der Waals surface area contributed by atoms with E-state index in [-0.39, 0.29) is 22.6 Å². The van der Waals surface area contributed by atoms with Crippen LogP contribution in [0.4, 0.5) is 5.69 Å². The van der Waals surface area contributed by atoms with Gasteiger partial charge in [-0.15, -0.1) is 0 Å². The maximum absolute atomic E-state index is 13.2. The van der Waals surface area contributed by atoms with Gasteiger partial charge in [0.05, 0.1) is 10.6 Å². The average Bonchev–Trinajstić information content (AvgIpc) is 2.99. The molecule has 4 rings (SSSR count). The number of hydrogen-bond acceptors (Lipinski definition) is 4. The molecule has 0 fully saturated rings. The monoisotopic (exact) mass is 494 g/mol. The first-order chi connectivity index (χ1) is 16.4. The Morgan fingerprint density at radius 1 is 1.06 bits per heavy atom. The van der Waals surface area contributed by atoms with Crippen molar-refractivity contribution in [2.75, 3.05) is 4.72 Å². The smallest absolute Gasteiger partial charge is 0.323 e. The molecule has 0 radical (unpaired) electrons. The summed E-state index contributed by atoms with van der Waals surface area (Å²) in [7, 11) is -3.81. The molecule has 1 aliphatic carbocycles. The number of carbonyl (C=O) groups is 2. The van der Waals surface area contributed by atoms with Crippen LogP contribution in [0.15, 0.2) is 53.4 Å². The number of nitrogens with one attached hydrogen (secondary N) is 1. The van der Waals surface area contributed by atoms with E-state index in [0.717, 1.165) is 22.5 Å². The van der Waals surface area contributed by atoms with Gasteiger partial charge in [0, 0.05) is 29.8 Å². The number of carbonyl (C=O) groups excluding carboxylic acids is 1. The Labute approximate surface area is 205 Å². The van der Waals surface area contributed by atoms with Gasteiger partial charge in [-0.25, -0.2) is 8.42 Å². The number of aryl methyl sites for hydroxylation is 1. The summed E-state index contributed by atoms with van der Waals surface area (Å²) in [5.41, 5.74) is 4.64. The van der Waals surface area contributed by atoms with Gasteiger partial charge >= 0.3 is 5.97 Å². The third-order valence-electron chi connectivity index (χ3n) is 6.58. The lowest BCUT2D eigenvalue weighted by Crippen LogP contribution is -2.29. The molecule has 0 unspecified atom stereocenters. The molecule has 0 amide bonds. The van der Waals surface area contributed by atoms with E-state index in [2.05, 4.69) is 4.72 Å². The zero-order chi connectivity index (χ0) is 25.5. The van der Waals surface area contributed by atoms with Crippen molar-refractivity contribution >= 4 is 27.5 Å². The predicted molar refractivity (Wildman–Crippen MR) is 134 cm³/mol. The van der Waals surface area contributed by atoms with Crippen molar-refractivity contribution in [3.63, 3.8) is 0 Å². The van der Waals surface area contributed by atoms with Gasteiger partial charge in [-0.3, -0.25) is 14.3 Å². The third-order valence-corrected chi connectivity index (χ3v) is 7.96. The number of fused-ring (bicyclic) bond motifs is 1. The molecule has 2 aromatic carbocycles. The number of Topliss-reactive ketones (excluding diaryl/α,β-unsaturated/α-hetero) is 1. The van der Waals surface area contributed by atoms with Gasteiger partial charge in [-0.2, -0.15) is 0 Å². The van der Waals surface area contributed by atoms with Crippen LogP contribution < -0.4 is 4.72 Å². The molecular weight excluding hydrogens is 464 g/mol. The number of benzene rings is 2. The minimum atomic E-state index is -3.81. The van der Waals surface area contributed by atoms with Crippen molar-refractivity contribution in [2.24, 2.45) is 5.41 Å². The molecule has 184 valence electrons. The highest BCUT2D eigenvalue weighted by atomic mass is 32.2. The minimum absolute atomic E-state index is 0.00351. The van der Waals surface area contributed by atoms with Gasteiger partial charge in [0.25, 0.3) is 10.0 Å². The number of para-hydroxylation sites is 1. The number of ketones is 1. The zero-order valence-electron chi connectivity index (χ0n) is 20.4. The average molecular weight is 495 g/mol. The Hall–Kier alpha value is -3.39. The topological polar surface area (TPSA) is 105 Å². The number of carboxylic acid groups (broad SMARTS) is 1. The quantitative estimate of drug-likeness (QED) is 0.494. The molecule has 8 heteroatoms. The Balaban J connectivity index is 1.76. The van der Waals surface area contributed by atoms with Crippen molar-refractivity contribution in [1.82, 2.24) is 4.57 Å². The summed E-state index contributed by atoms with van der Waals surface area (Å²) in [6.45, 7) is 7.52. The van der Waals surface area contributed by atoms with Crippen molar-refractivity contribution in [3.8, 4) is 0 Å². The summed E-state index contributed by atoms with van der Waals surface area (Å²) in [5.74, 6) is -0.976. The second kappa shape index (κ2) is 9.00. The van der Waals surface area contributed by atoms with Gasteiger partial charge in [-0.1, -0.05) is 49.7 Å². The third kappa shape index (κ3) is 5.03. The summed E-state index contributed by atoms with van der Waals surface area (Å²) in [6, 6.07) is 13.7. The van der Waals surface area contributed by atoms with Crippen molar-refractivity contribution in [2.45, 2.75) is 58.4 Å². The van der Waals surface area contributed by atoms with Crippen molar-refractivity contribution in [3.05, 3.63) is 82.2 Å². The van der Waals surface area contributed by atoms with Crippen LogP contribution in [0.25, 0.3) is 0 Å². The first-order valence-electron chi connectivity index (χ1n) is 11.5. The predicted octanol–water partition coefficient (Wildman–Crippen LogP) is 4.74. The SMILES string of the molecule is Cc1ccc(S(=O)(=O)Nc2ccccc2Cc2c3c(n(CC(=O)O)c2C)CC(C)(C)CC3=O)cc1. The summed E-state index contributed by atoms with van der Waals surface area (Å²) in [4.78, 5) is 25.0. The van der Waals surface area contributed by atoms with E-state index < -0.39 is 16.0 Å². The Morgan fingerprint density at radius 3 is 2.37 bits per heavy atom. The molecule has 1 aromatic heterocycles. The largest absolute Gasteiger partial charge is 0.480 e. The number of aromatic nitrogens is 1. The highest BCUT2D eigenvalue weighted by molar-refractivity contribution is 7.92. The van der Waals surface area contributed by atoms with Crippen LogP contribution in [0.5, 0.6) is 0 Å². The number of aliphatic carboxylic acids is 1. The summed E-state index contributed by atoms with van der Waals surface area (Å²) >= 11 is 0. The first-order valence-corrected chi connectivity index (χ1v) is 13.0. The molecule has 3 aromatic rings. The van der Waals surface area contributed by atoms with E-state index in [0.29, 0.717) is 36.1 Å². The van der Waals surface area contributed by atoms with E-state index in [9.17, 15) is 23.1 Å². The molecule has 7 nitrogen and oxygen atoms in total. The van der Waals surface area contributed by atoms with E-state index in [1.165, 1.54) is 0 Å². The number of nitrogens with zero attached hydrogens (tertiary/aromatic N) is 1. The summed E-state index contributed by atoms with van der Waals surface area (Å²) in [5, 5.41) is 9.50. The van der Waals surface area contributed by atoms with E-state index in [1.807, 2.05) is 39.8 Å². The fraction of sp³-hybridized carbons (Fsp3) is 0.333. The Morgan fingerprint density at radius 2 is 1.71 bits per heavy atom. The second-order valence-electron chi connectivity index (χ2n) is 10.1. The van der Waals surface area contributed by atoms with Crippen molar-refractivity contribution < 1.29 is 23.1 Å². The summed E-state index contributed by atoms with van der Waals surface area (Å²) in [6.07, 6.45) is 1.29. The number of sulfonamides is 1. The summed E-state index contributed by atoms with van der Waals surface area (Å²) < 4.78 is 30.5. The highest BCUT2D eigenvalue weighted by Gasteiger charge is 2.37. The van der Waals surface area contributed by atoms with Crippen LogP contribution in [-0.2, 0) is 34.2 Å². The van der Waals surface area contributed by atoms with E-state index in [4.69, 9.17) is 0 Å². The van der Waals surface area contributed by atoms with Crippen molar-refractivity contribution in [1.29, 1.82) is 0 Å². The van der Waals surface area contributed by atoms with Gasteiger partial charge in [0.1, 0.15) is 6.54 Å². The van der Waals surface area contributed by atoms with Gasteiger partial charge in [0.15, 0.2) is 5.78 Å². The Kier molecular flexibility index (Phi) is 6.36. The maximum Gasteiger partial charge on any atom is 0.323 e. The molecule has 1 heterocycles. The lowest BCUT2D eigenvalue weighted by atomic mass is 9.75.